The van der Waals surface area contributed by atoms with Crippen LogP contribution in [0.5, 0.6) is 0 Å². The van der Waals surface area contributed by atoms with Gasteiger partial charge in [-0.3, -0.25) is 19.3 Å². The molecule has 0 heterocycles. The molecule has 10 nitrogen and oxygen atoms in total. The molecule has 0 aliphatic heterocycles. The Labute approximate surface area is 267 Å². The van der Waals surface area contributed by atoms with Crippen LogP contribution in [0.3, 0.4) is 0 Å². The van der Waals surface area contributed by atoms with Crippen LogP contribution in [-0.4, -0.2) is 48.4 Å². The number of esters is 2. The molecule has 4 rings (SSSR count). The van der Waals surface area contributed by atoms with Crippen molar-refractivity contribution in [2.45, 2.75) is 33.0 Å². The lowest BCUT2D eigenvalue weighted by molar-refractivity contribution is -0.153. The minimum atomic E-state index is -0.814. The van der Waals surface area contributed by atoms with Crippen molar-refractivity contribution in [2.24, 2.45) is 0 Å². The van der Waals surface area contributed by atoms with E-state index in [1.165, 1.54) is 6.07 Å². The van der Waals surface area contributed by atoms with Gasteiger partial charge in [-0.15, -0.1) is 0 Å². The fourth-order valence-electron chi connectivity index (χ4n) is 4.41. The minimum Gasteiger partial charge on any atom is -0.459 e. The number of rotatable bonds is 11. The van der Waals surface area contributed by atoms with Gasteiger partial charge in [-0.05, 0) is 56.7 Å². The maximum Gasteiger partial charge on any atom is 0.338 e. The average molecular weight is 622 g/mol. The summed E-state index contributed by atoms with van der Waals surface area (Å²) in [7, 11) is 0. The molecule has 4 aromatic carbocycles. The second-order valence-electron chi connectivity index (χ2n) is 11.2. The highest BCUT2D eigenvalue weighted by atomic mass is 16.6. The minimum absolute atomic E-state index is 0.0970. The van der Waals surface area contributed by atoms with Crippen LogP contribution in [0.2, 0.25) is 0 Å². The predicted molar refractivity (Wildman–Crippen MR) is 174 cm³/mol. The number of para-hydroxylation sites is 1. The highest BCUT2D eigenvalue weighted by Crippen LogP contribution is 2.24. The summed E-state index contributed by atoms with van der Waals surface area (Å²) in [6.07, 6.45) is 0. The molecule has 0 aliphatic rings. The van der Waals surface area contributed by atoms with Crippen molar-refractivity contribution < 1.29 is 33.4 Å². The van der Waals surface area contributed by atoms with Gasteiger partial charge in [0.2, 0.25) is 5.91 Å². The second-order valence-corrected chi connectivity index (χ2v) is 11.2. The van der Waals surface area contributed by atoms with Gasteiger partial charge in [0.1, 0.15) is 18.8 Å². The normalized spacial score (nSPS) is 10.8. The van der Waals surface area contributed by atoms with Gasteiger partial charge in [-0.2, -0.15) is 0 Å². The molecule has 3 amide bonds. The highest BCUT2D eigenvalue weighted by Gasteiger charge is 2.27. The summed E-state index contributed by atoms with van der Waals surface area (Å²) in [5, 5.41) is 5.08. The monoisotopic (exact) mass is 621 g/mol. The van der Waals surface area contributed by atoms with Gasteiger partial charge in [0.25, 0.3) is 0 Å². The SMILES string of the molecule is CC(C)(C)OC(=O)CN(C(=O)CNC(=O)Nc1cccc(C(=O)OCc2ccccc2)c1)c1ccccc1C(=O)c1ccccc1. The van der Waals surface area contributed by atoms with Gasteiger partial charge >= 0.3 is 18.0 Å². The largest absolute Gasteiger partial charge is 0.459 e. The van der Waals surface area contributed by atoms with Crippen LogP contribution < -0.4 is 15.5 Å². The number of hydrogen-bond acceptors (Lipinski definition) is 7. The van der Waals surface area contributed by atoms with Crippen LogP contribution in [-0.2, 0) is 25.7 Å². The number of hydrogen-bond donors (Lipinski definition) is 2. The maximum absolute atomic E-state index is 13.5. The number of anilines is 2. The molecular formula is C36H35N3O7. The third-order valence-corrected chi connectivity index (χ3v) is 6.45. The van der Waals surface area contributed by atoms with Crippen LogP contribution in [0.1, 0.15) is 52.6 Å². The van der Waals surface area contributed by atoms with E-state index in [2.05, 4.69) is 10.6 Å². The standard InChI is InChI=1S/C36H35N3O7/c1-36(2,3)46-32(41)23-39(30-20-11-10-19-29(30)33(42)26-15-8-5-9-16-26)31(40)22-37-35(44)38-28-18-12-17-27(21-28)34(43)45-24-25-13-6-4-7-14-25/h4-21H,22-24H2,1-3H3,(H2,37,38,44). The van der Waals surface area contributed by atoms with Crippen LogP contribution in [0, 0.1) is 0 Å². The first-order valence-corrected chi connectivity index (χ1v) is 14.6. The molecule has 2 N–H and O–H groups in total. The molecule has 0 radical (unpaired) electrons. The van der Waals surface area contributed by atoms with Crippen molar-refractivity contribution in [3.05, 3.63) is 131 Å². The smallest absolute Gasteiger partial charge is 0.338 e. The van der Waals surface area contributed by atoms with Gasteiger partial charge in [-0.25, -0.2) is 9.59 Å². The molecule has 0 atom stereocenters. The number of urea groups is 1. The van der Waals surface area contributed by atoms with Crippen LogP contribution >= 0.6 is 0 Å². The van der Waals surface area contributed by atoms with Crippen LogP contribution in [0.4, 0.5) is 16.2 Å². The summed E-state index contributed by atoms with van der Waals surface area (Å²) < 4.78 is 10.8. The number of benzene rings is 4. The Morgan fingerprint density at radius 1 is 0.739 bits per heavy atom. The van der Waals surface area contributed by atoms with Crippen molar-refractivity contribution in [2.75, 3.05) is 23.3 Å². The summed E-state index contributed by atoms with van der Waals surface area (Å²) in [6, 6.07) is 29.7. The molecule has 0 aliphatic carbocycles. The zero-order valence-corrected chi connectivity index (χ0v) is 25.8. The molecule has 0 saturated heterocycles. The number of nitrogens with zero attached hydrogens (tertiary/aromatic N) is 1. The van der Waals surface area contributed by atoms with E-state index in [0.29, 0.717) is 11.3 Å². The summed E-state index contributed by atoms with van der Waals surface area (Å²) in [6.45, 7) is 4.20. The molecule has 4 aromatic rings. The van der Waals surface area contributed by atoms with E-state index in [9.17, 15) is 24.0 Å². The predicted octanol–water partition coefficient (Wildman–Crippen LogP) is 5.77. The Morgan fingerprint density at radius 3 is 2.07 bits per heavy atom. The first kappa shape index (κ1) is 33.1. The number of ketones is 1. The molecule has 0 aromatic heterocycles. The molecule has 0 bridgehead atoms. The molecular weight excluding hydrogens is 586 g/mol. The highest BCUT2D eigenvalue weighted by molar-refractivity contribution is 6.15. The zero-order valence-electron chi connectivity index (χ0n) is 25.8. The van der Waals surface area contributed by atoms with Crippen molar-refractivity contribution in [1.82, 2.24) is 5.32 Å². The Hall–Kier alpha value is -5.77. The Morgan fingerprint density at radius 2 is 1.37 bits per heavy atom. The lowest BCUT2D eigenvalue weighted by atomic mass is 10.0. The van der Waals surface area contributed by atoms with Crippen molar-refractivity contribution in [3.8, 4) is 0 Å². The van der Waals surface area contributed by atoms with Crippen molar-refractivity contribution in [3.63, 3.8) is 0 Å². The van der Waals surface area contributed by atoms with E-state index in [4.69, 9.17) is 9.47 Å². The maximum atomic E-state index is 13.5. The Kier molecular flexibility index (Phi) is 11.0. The summed E-state index contributed by atoms with van der Waals surface area (Å²) in [5.41, 5.74) is 1.34. The van der Waals surface area contributed by atoms with Crippen LogP contribution in [0.15, 0.2) is 109 Å². The fourth-order valence-corrected chi connectivity index (χ4v) is 4.41. The van der Waals surface area contributed by atoms with E-state index < -0.39 is 42.6 Å². The van der Waals surface area contributed by atoms with Gasteiger partial charge < -0.3 is 20.1 Å². The first-order valence-electron chi connectivity index (χ1n) is 14.6. The molecule has 236 valence electrons. The molecule has 46 heavy (non-hydrogen) atoms. The van der Waals surface area contributed by atoms with Crippen LogP contribution in [0.25, 0.3) is 0 Å². The lowest BCUT2D eigenvalue weighted by Gasteiger charge is -2.27. The summed E-state index contributed by atoms with van der Waals surface area (Å²) in [5.74, 6) is -2.26. The van der Waals surface area contributed by atoms with E-state index in [1.807, 2.05) is 30.3 Å². The quantitative estimate of drug-likeness (QED) is 0.161. The number of nitrogens with one attached hydrogen (secondary N) is 2. The van der Waals surface area contributed by atoms with E-state index >= 15 is 0 Å². The molecule has 0 fully saturated rings. The van der Waals surface area contributed by atoms with Gasteiger partial charge in [-0.1, -0.05) is 78.9 Å². The zero-order chi connectivity index (χ0) is 33.1. The average Bonchev–Trinajstić information content (AvgIpc) is 3.05. The summed E-state index contributed by atoms with van der Waals surface area (Å²) in [4.78, 5) is 66.3. The Bertz CT molecular complexity index is 1700. The number of carbonyl (C=O) groups is 5. The summed E-state index contributed by atoms with van der Waals surface area (Å²) >= 11 is 0. The van der Waals surface area contributed by atoms with E-state index in [0.717, 1.165) is 10.5 Å². The Balaban J connectivity index is 1.45. The molecule has 0 saturated carbocycles. The van der Waals surface area contributed by atoms with E-state index in [-0.39, 0.29) is 29.2 Å². The number of amides is 3. The van der Waals surface area contributed by atoms with Gasteiger partial charge in [0, 0.05) is 16.8 Å². The topological polar surface area (TPSA) is 131 Å². The third-order valence-electron chi connectivity index (χ3n) is 6.45. The van der Waals surface area contributed by atoms with Gasteiger partial charge in [0.15, 0.2) is 5.78 Å². The van der Waals surface area contributed by atoms with E-state index in [1.54, 1.807) is 93.6 Å². The fraction of sp³-hybridized carbons (Fsp3) is 0.194. The lowest BCUT2D eigenvalue weighted by Crippen LogP contribution is -2.45. The molecule has 0 unspecified atom stereocenters. The molecule has 10 heteroatoms. The van der Waals surface area contributed by atoms with Gasteiger partial charge in [0.05, 0.1) is 17.8 Å². The molecule has 0 spiro atoms. The third kappa shape index (κ3) is 9.62. The van der Waals surface area contributed by atoms with Crippen molar-refractivity contribution >= 4 is 41.0 Å². The number of carbonyl (C=O) groups excluding carboxylic acids is 5. The number of ether oxygens (including phenoxy) is 2. The first-order chi connectivity index (χ1) is 22.0. The van der Waals surface area contributed by atoms with Crippen molar-refractivity contribution in [1.29, 1.82) is 0 Å². The second kappa shape index (κ2) is 15.3.